The second-order valence-corrected chi connectivity index (χ2v) is 6.36. The maximum atomic E-state index is 3.52. The van der Waals surface area contributed by atoms with Gasteiger partial charge in [0.05, 0.1) is 0 Å². The van der Waals surface area contributed by atoms with E-state index >= 15 is 0 Å². The molecule has 1 saturated heterocycles. The van der Waals surface area contributed by atoms with E-state index in [0.29, 0.717) is 0 Å². The summed E-state index contributed by atoms with van der Waals surface area (Å²) in [4.78, 5) is 2.79. The third-order valence-corrected chi connectivity index (χ3v) is 5.07. The second kappa shape index (κ2) is 6.19. The van der Waals surface area contributed by atoms with Crippen molar-refractivity contribution in [1.29, 1.82) is 0 Å². The van der Waals surface area contributed by atoms with Crippen LogP contribution in [0.1, 0.15) is 52.4 Å². The second-order valence-electron chi connectivity index (χ2n) is 6.36. The van der Waals surface area contributed by atoms with Gasteiger partial charge in [-0.2, -0.15) is 0 Å². The van der Waals surface area contributed by atoms with Crippen molar-refractivity contribution in [3.8, 4) is 0 Å². The van der Waals surface area contributed by atoms with Crippen LogP contribution in [0.25, 0.3) is 0 Å². The van der Waals surface area contributed by atoms with Gasteiger partial charge in [0.15, 0.2) is 0 Å². The average molecular weight is 238 g/mol. The Balaban J connectivity index is 1.89. The Morgan fingerprint density at radius 3 is 2.53 bits per heavy atom. The van der Waals surface area contributed by atoms with E-state index in [1.165, 1.54) is 51.6 Å². The topological polar surface area (TPSA) is 15.3 Å². The van der Waals surface area contributed by atoms with Crippen LogP contribution in [0.15, 0.2) is 0 Å². The van der Waals surface area contributed by atoms with Gasteiger partial charge in [-0.05, 0) is 64.1 Å². The molecule has 2 heteroatoms. The summed E-state index contributed by atoms with van der Waals surface area (Å²) in [7, 11) is 2.14. The molecule has 1 aliphatic carbocycles. The fraction of sp³-hybridized carbons (Fsp3) is 1.00. The Kier molecular flexibility index (Phi) is 4.87. The van der Waals surface area contributed by atoms with E-state index in [9.17, 15) is 0 Å². The molecule has 0 aromatic heterocycles. The smallest absolute Gasteiger partial charge is 0.0249 e. The molecule has 17 heavy (non-hydrogen) atoms. The normalized spacial score (nSPS) is 36.4. The van der Waals surface area contributed by atoms with Crippen LogP contribution in [-0.2, 0) is 0 Å². The molecule has 0 aromatic carbocycles. The van der Waals surface area contributed by atoms with Crippen molar-refractivity contribution in [3.05, 3.63) is 0 Å². The zero-order valence-corrected chi connectivity index (χ0v) is 11.9. The van der Waals surface area contributed by atoms with Crippen molar-refractivity contribution in [3.63, 3.8) is 0 Å². The molecule has 3 unspecified atom stereocenters. The Morgan fingerprint density at radius 2 is 1.82 bits per heavy atom. The molecule has 2 rings (SSSR count). The average Bonchev–Trinajstić information content (AvgIpc) is 2.65. The molecule has 2 fully saturated rings. The third kappa shape index (κ3) is 3.23. The zero-order chi connectivity index (χ0) is 12.3. The Labute approximate surface area is 107 Å². The highest BCUT2D eigenvalue weighted by molar-refractivity contribution is 4.90. The summed E-state index contributed by atoms with van der Waals surface area (Å²) in [5.74, 6) is 1.84. The van der Waals surface area contributed by atoms with Gasteiger partial charge in [0.25, 0.3) is 0 Å². The van der Waals surface area contributed by atoms with Crippen LogP contribution in [0, 0.1) is 11.8 Å². The lowest BCUT2D eigenvalue weighted by Gasteiger charge is -2.32. The van der Waals surface area contributed by atoms with E-state index in [2.05, 4.69) is 31.1 Å². The van der Waals surface area contributed by atoms with E-state index in [0.717, 1.165) is 23.9 Å². The maximum absolute atomic E-state index is 3.52. The Bertz CT molecular complexity index is 227. The van der Waals surface area contributed by atoms with Crippen molar-refractivity contribution < 1.29 is 0 Å². The van der Waals surface area contributed by atoms with Gasteiger partial charge < -0.3 is 5.32 Å². The SMILES string of the molecule is CNC1CCCC1N1CCCC(C(C)C)CC1. The lowest BCUT2D eigenvalue weighted by atomic mass is 9.89. The molecule has 0 aromatic rings. The van der Waals surface area contributed by atoms with E-state index in [4.69, 9.17) is 0 Å². The van der Waals surface area contributed by atoms with Gasteiger partial charge in [-0.3, -0.25) is 4.90 Å². The van der Waals surface area contributed by atoms with Crippen LogP contribution in [0.4, 0.5) is 0 Å². The fourth-order valence-corrected chi connectivity index (χ4v) is 3.86. The summed E-state index contributed by atoms with van der Waals surface area (Å²) >= 11 is 0. The maximum Gasteiger partial charge on any atom is 0.0249 e. The largest absolute Gasteiger partial charge is 0.315 e. The molecule has 0 bridgehead atoms. The summed E-state index contributed by atoms with van der Waals surface area (Å²) in [5.41, 5.74) is 0. The number of nitrogens with zero attached hydrogens (tertiary/aromatic N) is 1. The van der Waals surface area contributed by atoms with Crippen LogP contribution < -0.4 is 5.32 Å². The van der Waals surface area contributed by atoms with E-state index < -0.39 is 0 Å². The Hall–Kier alpha value is -0.0800. The molecule has 2 aliphatic rings. The summed E-state index contributed by atoms with van der Waals surface area (Å²) in [6, 6.07) is 1.58. The predicted molar refractivity (Wildman–Crippen MR) is 74.2 cm³/mol. The van der Waals surface area contributed by atoms with Gasteiger partial charge in [0.2, 0.25) is 0 Å². The fourth-order valence-electron chi connectivity index (χ4n) is 3.86. The minimum Gasteiger partial charge on any atom is -0.315 e. The van der Waals surface area contributed by atoms with Crippen molar-refractivity contribution >= 4 is 0 Å². The summed E-state index contributed by atoms with van der Waals surface area (Å²) < 4.78 is 0. The number of likely N-dealkylation sites (tertiary alicyclic amines) is 1. The molecule has 2 nitrogen and oxygen atoms in total. The minimum absolute atomic E-state index is 0.755. The van der Waals surface area contributed by atoms with Crippen molar-refractivity contribution in [2.45, 2.75) is 64.5 Å². The molecule has 1 N–H and O–H groups in total. The standard InChI is InChI=1S/C15H30N2/c1-12(2)13-6-5-10-17(11-9-13)15-8-4-7-14(15)16-3/h12-16H,4-11H2,1-3H3. The number of likely N-dealkylation sites (N-methyl/N-ethyl adjacent to an activating group) is 1. The van der Waals surface area contributed by atoms with Crippen LogP contribution in [0.3, 0.4) is 0 Å². The zero-order valence-electron chi connectivity index (χ0n) is 11.9. The first-order valence-corrected chi connectivity index (χ1v) is 7.63. The van der Waals surface area contributed by atoms with Gasteiger partial charge in [-0.1, -0.05) is 20.3 Å². The molecule has 1 aliphatic heterocycles. The molecule has 0 spiro atoms. The number of hydrogen-bond donors (Lipinski definition) is 1. The lowest BCUT2D eigenvalue weighted by molar-refractivity contribution is 0.177. The molecule has 0 amide bonds. The molecular weight excluding hydrogens is 208 g/mol. The summed E-state index contributed by atoms with van der Waals surface area (Å²) in [6.07, 6.45) is 8.49. The first-order chi connectivity index (χ1) is 8.22. The highest BCUT2D eigenvalue weighted by Gasteiger charge is 2.32. The Morgan fingerprint density at radius 1 is 1.00 bits per heavy atom. The van der Waals surface area contributed by atoms with Gasteiger partial charge in [-0.15, -0.1) is 0 Å². The first-order valence-electron chi connectivity index (χ1n) is 7.63. The monoisotopic (exact) mass is 238 g/mol. The van der Waals surface area contributed by atoms with Gasteiger partial charge >= 0.3 is 0 Å². The van der Waals surface area contributed by atoms with Crippen LogP contribution in [0.5, 0.6) is 0 Å². The number of hydrogen-bond acceptors (Lipinski definition) is 2. The lowest BCUT2D eigenvalue weighted by Crippen LogP contribution is -2.46. The molecular formula is C15H30N2. The van der Waals surface area contributed by atoms with Crippen molar-refractivity contribution in [1.82, 2.24) is 10.2 Å². The minimum atomic E-state index is 0.755. The van der Waals surface area contributed by atoms with E-state index in [1.54, 1.807) is 0 Å². The van der Waals surface area contributed by atoms with Crippen LogP contribution in [-0.4, -0.2) is 37.1 Å². The van der Waals surface area contributed by atoms with Gasteiger partial charge in [-0.25, -0.2) is 0 Å². The summed E-state index contributed by atoms with van der Waals surface area (Å²) in [6.45, 7) is 7.47. The molecule has 1 heterocycles. The first kappa shape index (κ1) is 13.4. The predicted octanol–water partition coefficient (Wildman–Crippen LogP) is 2.89. The molecule has 100 valence electrons. The highest BCUT2D eigenvalue weighted by Crippen LogP contribution is 2.30. The molecule has 0 radical (unpaired) electrons. The van der Waals surface area contributed by atoms with Gasteiger partial charge in [0.1, 0.15) is 0 Å². The molecule has 3 atom stereocenters. The quantitative estimate of drug-likeness (QED) is 0.813. The number of rotatable bonds is 3. The van der Waals surface area contributed by atoms with Crippen LogP contribution >= 0.6 is 0 Å². The van der Waals surface area contributed by atoms with Gasteiger partial charge in [0, 0.05) is 12.1 Å². The van der Waals surface area contributed by atoms with Crippen molar-refractivity contribution in [2.75, 3.05) is 20.1 Å². The summed E-state index contributed by atoms with van der Waals surface area (Å²) in [5, 5.41) is 3.52. The molecule has 1 saturated carbocycles. The van der Waals surface area contributed by atoms with E-state index in [1.807, 2.05) is 0 Å². The van der Waals surface area contributed by atoms with Crippen molar-refractivity contribution in [2.24, 2.45) is 11.8 Å². The number of nitrogens with one attached hydrogen (secondary N) is 1. The highest BCUT2D eigenvalue weighted by atomic mass is 15.2. The third-order valence-electron chi connectivity index (χ3n) is 5.07. The van der Waals surface area contributed by atoms with E-state index in [-0.39, 0.29) is 0 Å². The van der Waals surface area contributed by atoms with Crippen LogP contribution in [0.2, 0.25) is 0 Å².